The Labute approximate surface area is 159 Å². The summed E-state index contributed by atoms with van der Waals surface area (Å²) in [6.07, 6.45) is -0.680. The van der Waals surface area contributed by atoms with E-state index >= 15 is 0 Å². The van der Waals surface area contributed by atoms with Crippen LogP contribution in [0.2, 0.25) is 0 Å². The number of rotatable bonds is 5. The predicted molar refractivity (Wildman–Crippen MR) is 98.8 cm³/mol. The number of carboxylic acid groups (broad SMARTS) is 1. The fourth-order valence-corrected chi connectivity index (χ4v) is 4.18. The molecular weight excluding hydrogens is 372 g/mol. The highest BCUT2D eigenvalue weighted by Crippen LogP contribution is 2.27. The van der Waals surface area contributed by atoms with E-state index < -0.39 is 18.1 Å². The number of carbonyl (C=O) groups excluding carboxylic acids is 2. The van der Waals surface area contributed by atoms with Crippen LogP contribution in [0.15, 0.2) is 6.07 Å². The second-order valence-corrected chi connectivity index (χ2v) is 7.64. The molecule has 3 rings (SSSR count). The van der Waals surface area contributed by atoms with Crippen LogP contribution in [0.3, 0.4) is 0 Å². The van der Waals surface area contributed by atoms with Crippen molar-refractivity contribution in [2.45, 2.75) is 32.4 Å². The Morgan fingerprint density at radius 2 is 2.22 bits per heavy atom. The number of aromatic nitrogens is 2. The van der Waals surface area contributed by atoms with E-state index in [0.717, 1.165) is 15.9 Å². The normalized spacial score (nSPS) is 18.5. The number of carbonyl (C=O) groups is 3. The molecule has 3 heterocycles. The van der Waals surface area contributed by atoms with Crippen LogP contribution in [-0.4, -0.2) is 69.4 Å². The van der Waals surface area contributed by atoms with Gasteiger partial charge in [-0.05, 0) is 19.9 Å². The van der Waals surface area contributed by atoms with E-state index in [0.29, 0.717) is 11.4 Å². The maximum absolute atomic E-state index is 12.6. The summed E-state index contributed by atoms with van der Waals surface area (Å²) < 4.78 is 7.11. The van der Waals surface area contributed by atoms with Gasteiger partial charge in [-0.2, -0.15) is 5.10 Å². The van der Waals surface area contributed by atoms with Crippen molar-refractivity contribution in [2.24, 2.45) is 7.05 Å². The summed E-state index contributed by atoms with van der Waals surface area (Å²) in [7, 11) is 1.83. The van der Waals surface area contributed by atoms with E-state index in [1.54, 1.807) is 22.6 Å². The highest BCUT2D eigenvalue weighted by atomic mass is 32.1. The molecule has 2 N–H and O–H groups in total. The van der Waals surface area contributed by atoms with Crippen molar-refractivity contribution in [2.75, 3.05) is 19.7 Å². The molecule has 2 amide bonds. The van der Waals surface area contributed by atoms with Gasteiger partial charge >= 0.3 is 5.97 Å². The molecule has 1 fully saturated rings. The number of aryl methyl sites for hydroxylation is 2. The minimum atomic E-state index is -0.967. The van der Waals surface area contributed by atoms with Crippen molar-refractivity contribution in [3.05, 3.63) is 16.6 Å². The molecule has 10 heteroatoms. The maximum atomic E-state index is 12.6. The van der Waals surface area contributed by atoms with Gasteiger partial charge in [0.15, 0.2) is 0 Å². The molecule has 2 unspecified atom stereocenters. The SMILES string of the molecule is Cc1nn(C)c2sc(C(=O)NC(C)C(=O)N3CCOC(CC(=O)O)C3)cc12. The molecule has 2 atom stereocenters. The number of morpholine rings is 1. The maximum Gasteiger partial charge on any atom is 0.306 e. The first-order chi connectivity index (χ1) is 12.8. The van der Waals surface area contributed by atoms with Gasteiger partial charge in [-0.3, -0.25) is 19.1 Å². The Hall–Kier alpha value is -2.46. The second kappa shape index (κ2) is 7.65. The van der Waals surface area contributed by atoms with E-state index in [1.807, 2.05) is 14.0 Å². The Morgan fingerprint density at radius 1 is 1.48 bits per heavy atom. The quantitative estimate of drug-likeness (QED) is 0.774. The third-order valence-corrected chi connectivity index (χ3v) is 5.69. The number of hydrogen-bond acceptors (Lipinski definition) is 6. The van der Waals surface area contributed by atoms with Gasteiger partial charge in [0.05, 0.1) is 29.7 Å². The highest BCUT2D eigenvalue weighted by Gasteiger charge is 2.29. The van der Waals surface area contributed by atoms with Gasteiger partial charge in [-0.1, -0.05) is 0 Å². The molecule has 9 nitrogen and oxygen atoms in total. The van der Waals surface area contributed by atoms with Gasteiger partial charge in [-0.15, -0.1) is 11.3 Å². The van der Waals surface area contributed by atoms with Gasteiger partial charge < -0.3 is 20.1 Å². The molecule has 2 aromatic heterocycles. The van der Waals surface area contributed by atoms with Crippen LogP contribution in [0.4, 0.5) is 0 Å². The molecule has 0 spiro atoms. The van der Waals surface area contributed by atoms with Crippen LogP contribution in [0.5, 0.6) is 0 Å². The zero-order valence-corrected chi connectivity index (χ0v) is 16.2. The third-order valence-electron chi connectivity index (χ3n) is 4.49. The van der Waals surface area contributed by atoms with Gasteiger partial charge in [0.2, 0.25) is 5.91 Å². The van der Waals surface area contributed by atoms with Gasteiger partial charge in [-0.25, -0.2) is 0 Å². The summed E-state index contributed by atoms with van der Waals surface area (Å²) in [5, 5.41) is 16.8. The Balaban J connectivity index is 1.63. The number of nitrogens with one attached hydrogen (secondary N) is 1. The predicted octanol–water partition coefficient (Wildman–Crippen LogP) is 0.764. The lowest BCUT2D eigenvalue weighted by atomic mass is 10.2. The van der Waals surface area contributed by atoms with Crippen molar-refractivity contribution >= 4 is 39.3 Å². The molecule has 1 aliphatic heterocycles. The van der Waals surface area contributed by atoms with E-state index in [-0.39, 0.29) is 31.4 Å². The fraction of sp³-hybridized carbons (Fsp3) is 0.529. The monoisotopic (exact) mass is 394 g/mol. The summed E-state index contributed by atoms with van der Waals surface area (Å²) in [6.45, 7) is 4.38. The van der Waals surface area contributed by atoms with Crippen molar-refractivity contribution in [1.29, 1.82) is 0 Å². The van der Waals surface area contributed by atoms with Crippen LogP contribution in [-0.2, 0) is 21.4 Å². The molecule has 27 heavy (non-hydrogen) atoms. The molecule has 1 saturated heterocycles. The topological polar surface area (TPSA) is 114 Å². The zero-order chi connectivity index (χ0) is 19.7. The van der Waals surface area contributed by atoms with Crippen molar-refractivity contribution in [3.8, 4) is 0 Å². The number of ether oxygens (including phenoxy) is 1. The number of carboxylic acids is 1. The van der Waals surface area contributed by atoms with E-state index in [2.05, 4.69) is 10.4 Å². The van der Waals surface area contributed by atoms with Gasteiger partial charge in [0, 0.05) is 25.5 Å². The Kier molecular flexibility index (Phi) is 5.47. The molecule has 0 aliphatic carbocycles. The zero-order valence-electron chi connectivity index (χ0n) is 15.4. The first-order valence-electron chi connectivity index (χ1n) is 8.62. The van der Waals surface area contributed by atoms with Crippen LogP contribution in [0.25, 0.3) is 10.2 Å². The van der Waals surface area contributed by atoms with Crippen LogP contribution >= 0.6 is 11.3 Å². The molecule has 2 aromatic rings. The van der Waals surface area contributed by atoms with Crippen LogP contribution in [0.1, 0.15) is 28.7 Å². The molecule has 0 saturated carbocycles. The summed E-state index contributed by atoms with van der Waals surface area (Å²) in [6, 6.07) is 1.07. The molecule has 0 radical (unpaired) electrons. The average Bonchev–Trinajstić information content (AvgIpc) is 3.16. The smallest absolute Gasteiger partial charge is 0.306 e. The minimum absolute atomic E-state index is 0.153. The summed E-state index contributed by atoms with van der Waals surface area (Å²) >= 11 is 1.33. The highest BCUT2D eigenvalue weighted by molar-refractivity contribution is 7.20. The molecule has 0 aromatic carbocycles. The lowest BCUT2D eigenvalue weighted by molar-refractivity contribution is -0.148. The van der Waals surface area contributed by atoms with Crippen molar-refractivity contribution in [1.82, 2.24) is 20.0 Å². The summed E-state index contributed by atoms with van der Waals surface area (Å²) in [5.74, 6) is -1.53. The number of amides is 2. The molecule has 146 valence electrons. The number of aliphatic carboxylic acids is 1. The van der Waals surface area contributed by atoms with Crippen LogP contribution in [0, 0.1) is 6.92 Å². The number of thiophene rings is 1. The summed E-state index contributed by atoms with van der Waals surface area (Å²) in [4.78, 5) is 39.0. The fourth-order valence-electron chi connectivity index (χ4n) is 3.16. The van der Waals surface area contributed by atoms with E-state index in [1.165, 1.54) is 11.3 Å². The van der Waals surface area contributed by atoms with Crippen molar-refractivity contribution in [3.63, 3.8) is 0 Å². The number of nitrogens with zero attached hydrogens (tertiary/aromatic N) is 3. The van der Waals surface area contributed by atoms with Crippen molar-refractivity contribution < 1.29 is 24.2 Å². The summed E-state index contributed by atoms with van der Waals surface area (Å²) in [5.41, 5.74) is 0.852. The first kappa shape index (κ1) is 19.3. The van der Waals surface area contributed by atoms with E-state index in [4.69, 9.17) is 9.84 Å². The number of fused-ring (bicyclic) bond motifs is 1. The lowest BCUT2D eigenvalue weighted by Gasteiger charge is -2.34. The standard InChI is InChI=1S/C17H22N4O5S/c1-9-12-7-13(27-17(12)20(3)19-9)15(24)18-10(2)16(25)21-4-5-26-11(8-21)6-14(22)23/h7,10-11H,4-6,8H2,1-3H3,(H,18,24)(H,22,23). The van der Waals surface area contributed by atoms with Gasteiger partial charge in [0.25, 0.3) is 5.91 Å². The number of hydrogen-bond donors (Lipinski definition) is 2. The van der Waals surface area contributed by atoms with Crippen LogP contribution < -0.4 is 5.32 Å². The Morgan fingerprint density at radius 3 is 2.89 bits per heavy atom. The average molecular weight is 394 g/mol. The molecule has 0 bridgehead atoms. The largest absolute Gasteiger partial charge is 0.481 e. The van der Waals surface area contributed by atoms with Gasteiger partial charge in [0.1, 0.15) is 10.9 Å². The Bertz CT molecular complexity index is 855. The first-order valence-corrected chi connectivity index (χ1v) is 9.44. The lowest BCUT2D eigenvalue weighted by Crippen LogP contribution is -2.53. The van der Waals surface area contributed by atoms with E-state index in [9.17, 15) is 14.4 Å². The molecular formula is C17H22N4O5S. The molecule has 1 aliphatic rings. The third kappa shape index (κ3) is 4.11. The minimum Gasteiger partial charge on any atom is -0.481 e. The second-order valence-electron chi connectivity index (χ2n) is 6.61.